The summed E-state index contributed by atoms with van der Waals surface area (Å²) in [7, 11) is 0. The van der Waals surface area contributed by atoms with Gasteiger partial charge in [0.15, 0.2) is 6.10 Å². The number of ether oxygens (including phenoxy) is 1. The monoisotopic (exact) mass is 269 g/mol. The maximum atomic E-state index is 12.4. The van der Waals surface area contributed by atoms with Crippen molar-refractivity contribution >= 4 is 5.91 Å². The zero-order chi connectivity index (χ0) is 13.9. The number of rotatable bonds is 3. The molecule has 1 atom stereocenters. The average Bonchev–Trinajstić information content (AvgIpc) is 2.91. The van der Waals surface area contributed by atoms with Crippen LogP contribution in [-0.4, -0.2) is 26.9 Å². The minimum absolute atomic E-state index is 0.0353. The molecule has 0 radical (unpaired) electrons. The summed E-state index contributed by atoms with van der Waals surface area (Å²) in [5.74, 6) is 0.664. The van der Waals surface area contributed by atoms with E-state index in [1.54, 1.807) is 18.0 Å². The van der Waals surface area contributed by atoms with E-state index in [0.717, 1.165) is 11.3 Å². The molecule has 1 aromatic heterocycles. The maximum absolute atomic E-state index is 12.4. The highest BCUT2D eigenvalue weighted by Crippen LogP contribution is 2.21. The van der Waals surface area contributed by atoms with Gasteiger partial charge in [-0.05, 0) is 19.1 Å². The first kappa shape index (κ1) is 12.6. The van der Waals surface area contributed by atoms with Crippen LogP contribution in [0.3, 0.4) is 0 Å². The molecule has 5 heteroatoms. The van der Waals surface area contributed by atoms with Crippen molar-refractivity contribution in [3.05, 3.63) is 54.1 Å². The molecular formula is C15H15N3O2. The van der Waals surface area contributed by atoms with Crippen LogP contribution in [0.1, 0.15) is 18.2 Å². The number of hydrogen-bond donors (Lipinski definition) is 0. The van der Waals surface area contributed by atoms with E-state index in [1.165, 1.54) is 6.33 Å². The summed E-state index contributed by atoms with van der Waals surface area (Å²) < 4.78 is 5.66. The van der Waals surface area contributed by atoms with Gasteiger partial charge in [-0.15, -0.1) is 0 Å². The van der Waals surface area contributed by atoms with Gasteiger partial charge >= 0.3 is 0 Å². The molecule has 0 spiro atoms. The van der Waals surface area contributed by atoms with Crippen LogP contribution in [0.25, 0.3) is 0 Å². The second-order valence-electron chi connectivity index (χ2n) is 4.76. The second-order valence-corrected chi connectivity index (χ2v) is 4.76. The Bertz CT molecular complexity index is 591. The van der Waals surface area contributed by atoms with Gasteiger partial charge in [0.2, 0.25) is 0 Å². The molecule has 20 heavy (non-hydrogen) atoms. The number of para-hydroxylation sites is 1. The van der Waals surface area contributed by atoms with Crippen molar-refractivity contribution in [1.29, 1.82) is 0 Å². The summed E-state index contributed by atoms with van der Waals surface area (Å²) in [6.07, 6.45) is 2.76. The van der Waals surface area contributed by atoms with Gasteiger partial charge in [-0.2, -0.15) is 0 Å². The largest absolute Gasteiger partial charge is 0.481 e. The first-order valence-corrected chi connectivity index (χ1v) is 6.52. The zero-order valence-electron chi connectivity index (χ0n) is 11.2. The highest BCUT2D eigenvalue weighted by atomic mass is 16.5. The van der Waals surface area contributed by atoms with Crippen LogP contribution in [0.15, 0.2) is 42.9 Å². The first-order chi connectivity index (χ1) is 9.74. The molecule has 1 unspecified atom stereocenters. The van der Waals surface area contributed by atoms with Crippen LogP contribution in [0.5, 0.6) is 5.75 Å². The molecule has 3 rings (SSSR count). The minimum Gasteiger partial charge on any atom is -0.481 e. The summed E-state index contributed by atoms with van der Waals surface area (Å²) in [6, 6.07) is 9.36. The van der Waals surface area contributed by atoms with Crippen molar-refractivity contribution < 1.29 is 9.53 Å². The number of carbonyl (C=O) groups excluding carboxylic acids is 1. The quantitative estimate of drug-likeness (QED) is 0.852. The lowest BCUT2D eigenvalue weighted by atomic mass is 10.3. The van der Waals surface area contributed by atoms with E-state index in [-0.39, 0.29) is 5.91 Å². The molecule has 0 N–H and O–H groups in total. The fourth-order valence-corrected chi connectivity index (χ4v) is 2.27. The third-order valence-corrected chi connectivity index (χ3v) is 3.30. The van der Waals surface area contributed by atoms with E-state index < -0.39 is 6.10 Å². The van der Waals surface area contributed by atoms with Crippen LogP contribution in [0, 0.1) is 0 Å². The molecule has 0 bridgehead atoms. The van der Waals surface area contributed by atoms with Crippen LogP contribution in [0.4, 0.5) is 0 Å². The van der Waals surface area contributed by atoms with E-state index in [4.69, 9.17) is 4.74 Å². The molecule has 1 aliphatic heterocycles. The Hall–Kier alpha value is -2.43. The van der Waals surface area contributed by atoms with Crippen molar-refractivity contribution in [1.82, 2.24) is 14.9 Å². The summed E-state index contributed by atoms with van der Waals surface area (Å²) in [4.78, 5) is 22.3. The van der Waals surface area contributed by atoms with Crippen molar-refractivity contribution in [2.75, 3.05) is 0 Å². The Morgan fingerprint density at radius 2 is 2.10 bits per heavy atom. The van der Waals surface area contributed by atoms with Gasteiger partial charge in [0.25, 0.3) is 5.91 Å². The lowest BCUT2D eigenvalue weighted by molar-refractivity contribution is -0.138. The molecule has 0 fully saturated rings. The fourth-order valence-electron chi connectivity index (χ4n) is 2.27. The fraction of sp³-hybridized carbons (Fsp3) is 0.267. The lowest BCUT2D eigenvalue weighted by Gasteiger charge is -2.21. The molecule has 5 nitrogen and oxygen atoms in total. The SMILES string of the molecule is CC(Oc1ccccc1)C(=O)N1Cc2cncnc2C1. The Morgan fingerprint density at radius 1 is 1.30 bits per heavy atom. The number of carbonyl (C=O) groups is 1. The number of hydrogen-bond acceptors (Lipinski definition) is 4. The summed E-state index contributed by atoms with van der Waals surface area (Å²) in [5.41, 5.74) is 1.92. The van der Waals surface area contributed by atoms with Crippen molar-refractivity contribution in [2.24, 2.45) is 0 Å². The van der Waals surface area contributed by atoms with Gasteiger partial charge in [-0.25, -0.2) is 9.97 Å². The zero-order valence-corrected chi connectivity index (χ0v) is 11.2. The van der Waals surface area contributed by atoms with Crippen molar-refractivity contribution in [2.45, 2.75) is 26.1 Å². The molecule has 102 valence electrons. The first-order valence-electron chi connectivity index (χ1n) is 6.52. The van der Waals surface area contributed by atoms with Crippen LogP contribution >= 0.6 is 0 Å². The van der Waals surface area contributed by atoms with Crippen molar-refractivity contribution in [3.63, 3.8) is 0 Å². The lowest BCUT2D eigenvalue weighted by Crippen LogP contribution is -2.37. The van der Waals surface area contributed by atoms with E-state index >= 15 is 0 Å². The molecule has 2 aromatic rings. The Kier molecular flexibility index (Phi) is 3.33. The summed E-state index contributed by atoms with van der Waals surface area (Å²) in [5, 5.41) is 0. The molecule has 2 heterocycles. The van der Waals surface area contributed by atoms with Crippen LogP contribution in [-0.2, 0) is 17.9 Å². The smallest absolute Gasteiger partial charge is 0.264 e. The van der Waals surface area contributed by atoms with E-state index in [0.29, 0.717) is 18.8 Å². The highest BCUT2D eigenvalue weighted by molar-refractivity contribution is 5.81. The maximum Gasteiger partial charge on any atom is 0.264 e. The van der Waals surface area contributed by atoms with Gasteiger partial charge < -0.3 is 9.64 Å². The molecule has 1 amide bonds. The van der Waals surface area contributed by atoms with E-state index in [1.807, 2.05) is 30.3 Å². The van der Waals surface area contributed by atoms with Gasteiger partial charge in [0, 0.05) is 18.3 Å². The summed E-state index contributed by atoms with van der Waals surface area (Å²) >= 11 is 0. The second kappa shape index (κ2) is 5.28. The Labute approximate surface area is 117 Å². The topological polar surface area (TPSA) is 55.3 Å². The normalized spacial score (nSPS) is 14.8. The molecule has 0 aliphatic carbocycles. The molecule has 0 saturated heterocycles. The number of fused-ring (bicyclic) bond motifs is 1. The number of nitrogens with zero attached hydrogens (tertiary/aromatic N) is 3. The standard InChI is InChI=1S/C15H15N3O2/c1-11(20-13-5-3-2-4-6-13)15(19)18-8-12-7-16-10-17-14(12)9-18/h2-7,10-11H,8-9H2,1H3. The highest BCUT2D eigenvalue weighted by Gasteiger charge is 2.28. The molecule has 1 aliphatic rings. The number of benzene rings is 1. The van der Waals surface area contributed by atoms with Crippen LogP contribution < -0.4 is 4.74 Å². The van der Waals surface area contributed by atoms with Gasteiger partial charge in [0.1, 0.15) is 12.1 Å². The summed E-state index contributed by atoms with van der Waals surface area (Å²) in [6.45, 7) is 2.85. The van der Waals surface area contributed by atoms with Gasteiger partial charge in [0.05, 0.1) is 12.2 Å². The Morgan fingerprint density at radius 3 is 2.85 bits per heavy atom. The average molecular weight is 269 g/mol. The van der Waals surface area contributed by atoms with E-state index in [9.17, 15) is 4.79 Å². The van der Waals surface area contributed by atoms with Gasteiger partial charge in [-0.1, -0.05) is 18.2 Å². The molecule has 0 saturated carbocycles. The van der Waals surface area contributed by atoms with Gasteiger partial charge in [-0.3, -0.25) is 4.79 Å². The Balaban J connectivity index is 1.66. The van der Waals surface area contributed by atoms with Crippen molar-refractivity contribution in [3.8, 4) is 5.75 Å². The van der Waals surface area contributed by atoms with Crippen LogP contribution in [0.2, 0.25) is 0 Å². The predicted molar refractivity (Wildman–Crippen MR) is 72.8 cm³/mol. The third kappa shape index (κ3) is 2.47. The molecule has 1 aromatic carbocycles. The number of amides is 1. The third-order valence-electron chi connectivity index (χ3n) is 3.30. The number of aromatic nitrogens is 2. The van der Waals surface area contributed by atoms with E-state index in [2.05, 4.69) is 9.97 Å². The molecular weight excluding hydrogens is 254 g/mol. The predicted octanol–water partition coefficient (Wildman–Crippen LogP) is 1.79. The minimum atomic E-state index is -0.514.